The number of rotatable bonds is 2. The normalized spacial score (nSPS) is 12.0. The van der Waals surface area contributed by atoms with Crippen molar-refractivity contribution in [1.29, 1.82) is 0 Å². The average Bonchev–Trinajstić information content (AvgIpc) is 2.92. The predicted molar refractivity (Wildman–Crippen MR) is 98.8 cm³/mol. The van der Waals surface area contributed by atoms with Gasteiger partial charge in [-0.15, -0.1) is 0 Å². The molecule has 0 aliphatic rings. The standard InChI is InChI=1S/C19H13N3O2S/c1-12-7-9-13(10-8-12)11-15-18(24)22-19(25-15)20-17(23)16(21-22)14-5-3-2-4-6-14/h2-11H,1H3/b15-11+. The number of fused-ring (bicyclic) bond motifs is 1. The highest BCUT2D eigenvalue weighted by molar-refractivity contribution is 7.15. The van der Waals surface area contributed by atoms with E-state index in [4.69, 9.17) is 0 Å². The molecule has 0 radical (unpaired) electrons. The second-order valence-electron chi connectivity index (χ2n) is 5.65. The molecule has 0 N–H and O–H groups in total. The SMILES string of the molecule is Cc1ccc(/C=c2/sc3nc(=O)c(-c4ccccc4)nn3c2=O)cc1. The number of hydrogen-bond donors (Lipinski definition) is 0. The van der Waals surface area contributed by atoms with E-state index in [0.717, 1.165) is 22.5 Å². The first-order valence-corrected chi connectivity index (χ1v) is 8.51. The highest BCUT2D eigenvalue weighted by atomic mass is 32.1. The molecule has 0 unspecified atom stereocenters. The molecule has 2 heterocycles. The Morgan fingerprint density at radius 3 is 2.44 bits per heavy atom. The zero-order chi connectivity index (χ0) is 17.4. The van der Waals surface area contributed by atoms with E-state index in [1.54, 1.807) is 18.2 Å². The molecule has 0 spiro atoms. The zero-order valence-corrected chi connectivity index (χ0v) is 14.2. The molecule has 2 aromatic carbocycles. The summed E-state index contributed by atoms with van der Waals surface area (Å²) in [6.07, 6.45) is 1.79. The Balaban J connectivity index is 1.93. The van der Waals surface area contributed by atoms with Gasteiger partial charge in [0.2, 0.25) is 4.96 Å². The van der Waals surface area contributed by atoms with E-state index in [-0.39, 0.29) is 11.3 Å². The quantitative estimate of drug-likeness (QED) is 0.557. The summed E-state index contributed by atoms with van der Waals surface area (Å²) in [5.74, 6) is 0. The van der Waals surface area contributed by atoms with Crippen LogP contribution in [0.3, 0.4) is 0 Å². The fourth-order valence-corrected chi connectivity index (χ4v) is 3.40. The number of aryl methyl sites for hydroxylation is 1. The lowest BCUT2D eigenvalue weighted by Gasteiger charge is -1.98. The molecule has 0 aliphatic carbocycles. The summed E-state index contributed by atoms with van der Waals surface area (Å²) in [5, 5.41) is 4.24. The lowest BCUT2D eigenvalue weighted by molar-refractivity contribution is 0.873. The third-order valence-electron chi connectivity index (χ3n) is 3.81. The molecular weight excluding hydrogens is 334 g/mol. The van der Waals surface area contributed by atoms with Crippen molar-refractivity contribution < 1.29 is 0 Å². The topological polar surface area (TPSA) is 64.3 Å². The molecule has 0 saturated carbocycles. The number of hydrogen-bond acceptors (Lipinski definition) is 5. The number of nitrogens with zero attached hydrogens (tertiary/aromatic N) is 3. The molecule has 25 heavy (non-hydrogen) atoms. The Morgan fingerprint density at radius 1 is 1.00 bits per heavy atom. The summed E-state index contributed by atoms with van der Waals surface area (Å²) in [4.78, 5) is 29.2. The second-order valence-corrected chi connectivity index (χ2v) is 6.66. The van der Waals surface area contributed by atoms with Gasteiger partial charge >= 0.3 is 5.56 Å². The Morgan fingerprint density at radius 2 is 1.72 bits per heavy atom. The molecule has 6 heteroatoms. The monoisotopic (exact) mass is 347 g/mol. The molecule has 5 nitrogen and oxygen atoms in total. The molecule has 122 valence electrons. The summed E-state index contributed by atoms with van der Waals surface area (Å²) in [5.41, 5.74) is 2.18. The first kappa shape index (κ1) is 15.4. The van der Waals surface area contributed by atoms with Crippen molar-refractivity contribution in [1.82, 2.24) is 14.6 Å². The van der Waals surface area contributed by atoms with Gasteiger partial charge in [0, 0.05) is 5.56 Å². The van der Waals surface area contributed by atoms with Crippen LogP contribution in [0.5, 0.6) is 0 Å². The molecule has 4 aromatic rings. The maximum absolute atomic E-state index is 12.6. The fraction of sp³-hybridized carbons (Fsp3) is 0.0526. The van der Waals surface area contributed by atoms with Crippen molar-refractivity contribution in [3.8, 4) is 11.3 Å². The van der Waals surface area contributed by atoms with Crippen LogP contribution in [0.15, 0.2) is 64.2 Å². The minimum Gasteiger partial charge on any atom is -0.266 e. The van der Waals surface area contributed by atoms with E-state index < -0.39 is 5.56 Å². The summed E-state index contributed by atoms with van der Waals surface area (Å²) in [6.45, 7) is 2.01. The van der Waals surface area contributed by atoms with Gasteiger partial charge in [-0.25, -0.2) is 0 Å². The predicted octanol–water partition coefficient (Wildman–Crippen LogP) is 2.03. The summed E-state index contributed by atoms with van der Waals surface area (Å²) in [6, 6.07) is 16.9. The Kier molecular flexibility index (Phi) is 3.74. The van der Waals surface area contributed by atoms with Crippen molar-refractivity contribution in [3.05, 3.63) is 91.0 Å². The number of thiazole rings is 1. The highest BCUT2D eigenvalue weighted by Gasteiger charge is 2.12. The Labute approximate surface area is 146 Å². The third kappa shape index (κ3) is 2.88. The smallest absolute Gasteiger partial charge is 0.266 e. The molecule has 4 rings (SSSR count). The van der Waals surface area contributed by atoms with Crippen LogP contribution in [-0.4, -0.2) is 14.6 Å². The van der Waals surface area contributed by atoms with Gasteiger partial charge in [0.1, 0.15) is 0 Å². The van der Waals surface area contributed by atoms with Gasteiger partial charge in [0.25, 0.3) is 5.56 Å². The third-order valence-corrected chi connectivity index (χ3v) is 4.77. The number of benzene rings is 2. The van der Waals surface area contributed by atoms with Crippen LogP contribution in [0.25, 0.3) is 22.3 Å². The minimum atomic E-state index is -0.436. The molecule has 0 amide bonds. The van der Waals surface area contributed by atoms with Crippen LogP contribution < -0.4 is 15.7 Å². The van der Waals surface area contributed by atoms with Gasteiger partial charge in [-0.2, -0.15) is 14.6 Å². The fourth-order valence-electron chi connectivity index (χ4n) is 2.50. The lowest BCUT2D eigenvalue weighted by atomic mass is 10.1. The first-order chi connectivity index (χ1) is 12.1. The largest absolute Gasteiger partial charge is 0.300 e. The van der Waals surface area contributed by atoms with E-state index in [1.807, 2.05) is 49.4 Å². The lowest BCUT2D eigenvalue weighted by Crippen LogP contribution is -2.26. The van der Waals surface area contributed by atoms with Crippen LogP contribution in [0.4, 0.5) is 0 Å². The zero-order valence-electron chi connectivity index (χ0n) is 13.3. The molecule has 0 fully saturated rings. The van der Waals surface area contributed by atoms with E-state index in [9.17, 15) is 9.59 Å². The molecule has 0 atom stereocenters. The van der Waals surface area contributed by atoms with Crippen molar-refractivity contribution in [2.75, 3.05) is 0 Å². The van der Waals surface area contributed by atoms with Crippen LogP contribution in [0, 0.1) is 6.92 Å². The molecule has 0 aliphatic heterocycles. The van der Waals surface area contributed by atoms with Crippen LogP contribution in [0.2, 0.25) is 0 Å². The first-order valence-electron chi connectivity index (χ1n) is 7.69. The van der Waals surface area contributed by atoms with Crippen LogP contribution >= 0.6 is 11.3 Å². The van der Waals surface area contributed by atoms with Gasteiger partial charge in [0.05, 0.1) is 4.53 Å². The Hall–Kier alpha value is -3.12. The molecule has 0 saturated heterocycles. The minimum absolute atomic E-state index is 0.176. The van der Waals surface area contributed by atoms with E-state index in [0.29, 0.717) is 15.1 Å². The molecular formula is C19H13N3O2S. The van der Waals surface area contributed by atoms with Crippen LogP contribution in [0.1, 0.15) is 11.1 Å². The van der Waals surface area contributed by atoms with Gasteiger partial charge in [-0.1, -0.05) is 71.5 Å². The van der Waals surface area contributed by atoms with Crippen molar-refractivity contribution in [2.45, 2.75) is 6.92 Å². The van der Waals surface area contributed by atoms with Gasteiger partial charge in [-0.3, -0.25) is 9.59 Å². The average molecular weight is 347 g/mol. The van der Waals surface area contributed by atoms with E-state index in [2.05, 4.69) is 10.1 Å². The van der Waals surface area contributed by atoms with Crippen molar-refractivity contribution in [2.24, 2.45) is 0 Å². The van der Waals surface area contributed by atoms with Crippen molar-refractivity contribution >= 4 is 22.4 Å². The van der Waals surface area contributed by atoms with Gasteiger partial charge in [0.15, 0.2) is 5.69 Å². The van der Waals surface area contributed by atoms with Crippen molar-refractivity contribution in [3.63, 3.8) is 0 Å². The summed E-state index contributed by atoms with van der Waals surface area (Å²) >= 11 is 1.16. The summed E-state index contributed by atoms with van der Waals surface area (Å²) in [7, 11) is 0. The molecule has 0 bridgehead atoms. The van der Waals surface area contributed by atoms with Gasteiger partial charge < -0.3 is 0 Å². The highest BCUT2D eigenvalue weighted by Crippen LogP contribution is 2.11. The van der Waals surface area contributed by atoms with Gasteiger partial charge in [-0.05, 0) is 18.6 Å². The van der Waals surface area contributed by atoms with E-state index in [1.165, 1.54) is 4.52 Å². The maximum Gasteiger partial charge on any atom is 0.300 e. The maximum atomic E-state index is 12.6. The molecule has 2 aromatic heterocycles. The Bertz CT molecular complexity index is 1230. The van der Waals surface area contributed by atoms with Crippen LogP contribution in [-0.2, 0) is 0 Å². The summed E-state index contributed by atoms with van der Waals surface area (Å²) < 4.78 is 1.70. The number of aromatic nitrogens is 3. The second kappa shape index (κ2) is 6.07. The van der Waals surface area contributed by atoms with E-state index >= 15 is 0 Å².